The minimum atomic E-state index is 0.0435. The van der Waals surface area contributed by atoms with Gasteiger partial charge in [0.15, 0.2) is 0 Å². The molecule has 2 nitrogen and oxygen atoms in total. The molecular weight excluding hydrogens is 572 g/mol. The predicted molar refractivity (Wildman–Crippen MR) is 202 cm³/mol. The van der Waals surface area contributed by atoms with Gasteiger partial charge in [0, 0.05) is 12.8 Å². The molecule has 2 heteroatoms. The normalized spacial score (nSPS) is 32.9. The van der Waals surface area contributed by atoms with Gasteiger partial charge in [0.05, 0.1) is 0 Å². The fourth-order valence-electron chi connectivity index (χ4n) is 10.9. The number of rotatable bonds is 19. The van der Waals surface area contributed by atoms with Crippen LogP contribution < -0.4 is 0 Å². The maximum Gasteiger partial charge on any atom is 0.306 e. The van der Waals surface area contributed by atoms with Gasteiger partial charge < -0.3 is 4.74 Å². The number of ether oxygens (including phenoxy) is 1. The molecule has 0 aromatic carbocycles. The first-order valence-corrected chi connectivity index (χ1v) is 20.5. The van der Waals surface area contributed by atoms with Crippen LogP contribution in [0.5, 0.6) is 0 Å². The summed E-state index contributed by atoms with van der Waals surface area (Å²) in [5, 5.41) is 0. The van der Waals surface area contributed by atoms with E-state index in [0.717, 1.165) is 80.5 Å². The molecule has 0 aromatic rings. The molecule has 266 valence electrons. The Morgan fingerprint density at radius 1 is 0.830 bits per heavy atom. The Bertz CT molecular complexity index is 1060. The Morgan fingerprint density at radius 2 is 1.55 bits per heavy atom. The summed E-state index contributed by atoms with van der Waals surface area (Å²) in [5.41, 5.74) is 2.51. The quantitative estimate of drug-likeness (QED) is 0.0793. The minimum absolute atomic E-state index is 0.0435. The van der Waals surface area contributed by atoms with Crippen LogP contribution in [0.1, 0.15) is 176 Å². The summed E-state index contributed by atoms with van der Waals surface area (Å²) in [6, 6.07) is 0. The standard InChI is InChI=1S/C45H74O2/c1-7-8-9-10-11-12-13-14-15-16-17-18-19-20-21-25-43(46)47-38-30-32-44(5)37(34-38)26-27-39-41-29-28-40(36(4)24-22-23-35(2)3)45(41,6)33-31-42(39)44/h8-9,11-12,14-15,26,35-36,38-42H,7,10,13,16-25,27-34H2,1-6H3/b9-8-,12-11-,15-14-/t36-,38?,39+,40-,41+,42+,44+,45-/m1/s1. The molecule has 0 aliphatic heterocycles. The van der Waals surface area contributed by atoms with Crippen LogP contribution in [-0.4, -0.2) is 12.1 Å². The maximum atomic E-state index is 12.8. The molecule has 0 amide bonds. The molecule has 0 bridgehead atoms. The largest absolute Gasteiger partial charge is 0.462 e. The Kier molecular flexibility index (Phi) is 15.4. The molecule has 4 rings (SSSR count). The number of hydrogen-bond donors (Lipinski definition) is 0. The number of carbonyl (C=O) groups excluding carboxylic acids is 1. The van der Waals surface area contributed by atoms with Crippen LogP contribution >= 0.6 is 0 Å². The van der Waals surface area contributed by atoms with Crippen molar-refractivity contribution in [1.29, 1.82) is 0 Å². The summed E-state index contributed by atoms with van der Waals surface area (Å²) in [6.45, 7) is 14.8. The second kappa shape index (κ2) is 19.0. The number of unbranched alkanes of at least 4 members (excludes halogenated alkanes) is 5. The number of hydrogen-bond acceptors (Lipinski definition) is 2. The molecule has 8 atom stereocenters. The second-order valence-corrected chi connectivity index (χ2v) is 17.2. The second-order valence-electron chi connectivity index (χ2n) is 17.2. The van der Waals surface area contributed by atoms with Crippen molar-refractivity contribution in [3.8, 4) is 0 Å². The lowest BCUT2D eigenvalue weighted by Crippen LogP contribution is -2.51. The van der Waals surface area contributed by atoms with Crippen molar-refractivity contribution in [3.05, 3.63) is 48.1 Å². The van der Waals surface area contributed by atoms with Crippen LogP contribution in [0.25, 0.3) is 0 Å². The van der Waals surface area contributed by atoms with Gasteiger partial charge in [-0.25, -0.2) is 0 Å². The Labute approximate surface area is 291 Å². The van der Waals surface area contributed by atoms with Crippen molar-refractivity contribution in [2.75, 3.05) is 0 Å². The fraction of sp³-hybridized carbons (Fsp3) is 0.800. The van der Waals surface area contributed by atoms with Gasteiger partial charge in [0.1, 0.15) is 6.10 Å². The average Bonchev–Trinajstić information content (AvgIpc) is 3.40. The molecule has 4 aliphatic rings. The monoisotopic (exact) mass is 647 g/mol. The summed E-state index contributed by atoms with van der Waals surface area (Å²) < 4.78 is 6.12. The van der Waals surface area contributed by atoms with Crippen molar-refractivity contribution in [3.63, 3.8) is 0 Å². The van der Waals surface area contributed by atoms with Crippen LogP contribution in [0.2, 0.25) is 0 Å². The van der Waals surface area contributed by atoms with Gasteiger partial charge in [-0.15, -0.1) is 0 Å². The Hall–Kier alpha value is -1.57. The first-order valence-electron chi connectivity index (χ1n) is 20.5. The summed E-state index contributed by atoms with van der Waals surface area (Å²) in [4.78, 5) is 12.8. The Balaban J connectivity index is 1.13. The van der Waals surface area contributed by atoms with E-state index < -0.39 is 0 Å². The highest BCUT2D eigenvalue weighted by molar-refractivity contribution is 5.69. The lowest BCUT2D eigenvalue weighted by atomic mass is 9.47. The average molecular weight is 647 g/mol. The van der Waals surface area contributed by atoms with E-state index in [1.54, 1.807) is 5.57 Å². The van der Waals surface area contributed by atoms with Gasteiger partial charge in [-0.3, -0.25) is 4.79 Å². The molecule has 0 heterocycles. The van der Waals surface area contributed by atoms with E-state index >= 15 is 0 Å². The summed E-state index contributed by atoms with van der Waals surface area (Å²) in [7, 11) is 0. The first kappa shape index (κ1) is 38.2. The smallest absolute Gasteiger partial charge is 0.306 e. The molecule has 0 N–H and O–H groups in total. The topological polar surface area (TPSA) is 26.3 Å². The van der Waals surface area contributed by atoms with Gasteiger partial charge in [-0.05, 0) is 130 Å². The van der Waals surface area contributed by atoms with Crippen molar-refractivity contribution < 1.29 is 9.53 Å². The Morgan fingerprint density at radius 3 is 2.32 bits per heavy atom. The van der Waals surface area contributed by atoms with Crippen molar-refractivity contribution in [2.24, 2.45) is 46.3 Å². The predicted octanol–water partition coefficient (Wildman–Crippen LogP) is 13.5. The fourth-order valence-corrected chi connectivity index (χ4v) is 10.9. The van der Waals surface area contributed by atoms with Gasteiger partial charge in [-0.1, -0.05) is 128 Å². The molecule has 3 saturated carbocycles. The SMILES string of the molecule is CC/C=C\C/C=C\C/C=C\CCCCCCCC(=O)OC1CC[C@@]2(C)C(=CC[C@H]3[C@@H]4CC[C@H]([C@H](C)CCCC(C)C)[C@@]4(C)CC[C@@H]32)C1. The molecule has 0 saturated heterocycles. The third-order valence-electron chi connectivity index (χ3n) is 13.6. The molecule has 1 unspecified atom stereocenters. The summed E-state index contributed by atoms with van der Waals surface area (Å²) in [5.74, 6) is 5.28. The van der Waals surface area contributed by atoms with Crippen LogP contribution in [0.4, 0.5) is 0 Å². The van der Waals surface area contributed by atoms with Crippen molar-refractivity contribution >= 4 is 5.97 Å². The van der Waals surface area contributed by atoms with E-state index in [1.807, 2.05) is 0 Å². The zero-order valence-electron chi connectivity index (χ0n) is 31.7. The zero-order valence-corrected chi connectivity index (χ0v) is 31.7. The van der Waals surface area contributed by atoms with Gasteiger partial charge >= 0.3 is 5.97 Å². The molecular formula is C45H74O2. The van der Waals surface area contributed by atoms with Crippen LogP contribution in [-0.2, 0) is 9.53 Å². The lowest BCUT2D eigenvalue weighted by molar-refractivity contribution is -0.151. The number of carbonyl (C=O) groups is 1. The highest BCUT2D eigenvalue weighted by atomic mass is 16.5. The van der Waals surface area contributed by atoms with Gasteiger partial charge in [-0.2, -0.15) is 0 Å². The molecule has 4 aliphatic carbocycles. The third-order valence-corrected chi connectivity index (χ3v) is 13.6. The maximum absolute atomic E-state index is 12.8. The van der Waals surface area contributed by atoms with Crippen molar-refractivity contribution in [2.45, 2.75) is 182 Å². The van der Waals surface area contributed by atoms with E-state index in [2.05, 4.69) is 84.1 Å². The van der Waals surface area contributed by atoms with Crippen LogP contribution in [0.15, 0.2) is 48.1 Å². The van der Waals surface area contributed by atoms with Crippen molar-refractivity contribution in [1.82, 2.24) is 0 Å². The van der Waals surface area contributed by atoms with E-state index in [-0.39, 0.29) is 12.1 Å². The molecule has 3 fully saturated rings. The van der Waals surface area contributed by atoms with E-state index in [9.17, 15) is 4.79 Å². The number of fused-ring (bicyclic) bond motifs is 5. The van der Waals surface area contributed by atoms with E-state index in [1.165, 1.54) is 83.5 Å². The molecule has 47 heavy (non-hydrogen) atoms. The zero-order chi connectivity index (χ0) is 33.7. The highest BCUT2D eigenvalue weighted by Crippen LogP contribution is 2.67. The molecule has 0 radical (unpaired) electrons. The van der Waals surface area contributed by atoms with Crippen LogP contribution in [0, 0.1) is 46.3 Å². The first-order chi connectivity index (χ1) is 22.7. The number of allylic oxidation sites excluding steroid dienone is 7. The third kappa shape index (κ3) is 10.5. The summed E-state index contributed by atoms with van der Waals surface area (Å²) >= 11 is 0. The minimum Gasteiger partial charge on any atom is -0.462 e. The summed E-state index contributed by atoms with van der Waals surface area (Å²) in [6.07, 6.45) is 41.7. The molecule has 0 aromatic heterocycles. The van der Waals surface area contributed by atoms with Gasteiger partial charge in [0.2, 0.25) is 0 Å². The highest BCUT2D eigenvalue weighted by Gasteiger charge is 2.59. The van der Waals surface area contributed by atoms with E-state index in [0.29, 0.717) is 17.3 Å². The van der Waals surface area contributed by atoms with Crippen LogP contribution in [0.3, 0.4) is 0 Å². The lowest BCUT2D eigenvalue weighted by Gasteiger charge is -2.58. The van der Waals surface area contributed by atoms with E-state index in [4.69, 9.17) is 4.74 Å². The molecule has 0 spiro atoms. The van der Waals surface area contributed by atoms with Gasteiger partial charge in [0.25, 0.3) is 0 Å². The number of esters is 1.